The minimum absolute atomic E-state index is 0.0123. The second-order valence-electron chi connectivity index (χ2n) is 7.94. The van der Waals surface area contributed by atoms with Gasteiger partial charge in [0.2, 0.25) is 0 Å². The molecule has 6 heteroatoms. The molecule has 2 aliphatic heterocycles. The molecule has 0 saturated heterocycles. The number of pyridine rings is 1. The predicted molar refractivity (Wildman–Crippen MR) is 127 cm³/mol. The van der Waals surface area contributed by atoms with Gasteiger partial charge in [-0.25, -0.2) is 0 Å². The molecule has 0 fully saturated rings. The van der Waals surface area contributed by atoms with Gasteiger partial charge in [-0.1, -0.05) is 0 Å². The number of allylic oxidation sites excluding steroid dienone is 1. The molecule has 2 aromatic heterocycles. The van der Waals surface area contributed by atoms with Crippen molar-refractivity contribution in [3.05, 3.63) is 99.1 Å². The fourth-order valence-electron chi connectivity index (χ4n) is 4.68. The summed E-state index contributed by atoms with van der Waals surface area (Å²) in [5.74, 6) is 0.708. The summed E-state index contributed by atoms with van der Waals surface area (Å²) >= 11 is 0.226. The Labute approximate surface area is 196 Å². The van der Waals surface area contributed by atoms with Gasteiger partial charge in [0, 0.05) is 0 Å². The van der Waals surface area contributed by atoms with Crippen LogP contribution in [0.4, 0.5) is 16.1 Å². The zero-order valence-corrected chi connectivity index (χ0v) is 20.1. The summed E-state index contributed by atoms with van der Waals surface area (Å²) in [5.41, 5.74) is 5.20. The van der Waals surface area contributed by atoms with Crippen LogP contribution in [0.2, 0.25) is 0 Å². The Morgan fingerprint density at radius 1 is 0.875 bits per heavy atom. The van der Waals surface area contributed by atoms with Gasteiger partial charge in [-0.15, -0.1) is 0 Å². The summed E-state index contributed by atoms with van der Waals surface area (Å²) in [5, 5.41) is 0. The fourth-order valence-corrected chi connectivity index (χ4v) is 9.33. The van der Waals surface area contributed by atoms with Gasteiger partial charge in [0.05, 0.1) is 0 Å². The van der Waals surface area contributed by atoms with Crippen molar-refractivity contribution in [1.82, 2.24) is 4.98 Å². The van der Waals surface area contributed by atoms with Crippen molar-refractivity contribution in [2.45, 2.75) is 6.42 Å². The summed E-state index contributed by atoms with van der Waals surface area (Å²) in [7, 11) is 0. The molecule has 1 aliphatic carbocycles. The zero-order chi connectivity index (χ0) is 21.4. The number of nitrogens with zero attached hydrogens (tertiary/aromatic N) is 2. The quantitative estimate of drug-likeness (QED) is 0.182. The summed E-state index contributed by atoms with van der Waals surface area (Å²) in [4.78, 5) is 32.9. The number of anilines is 3. The molecule has 0 radical (unpaired) electrons. The number of rotatable bonds is 1. The molecule has 32 heavy (non-hydrogen) atoms. The fraction of sp³-hybridized carbons (Fsp3) is 0.0385. The molecule has 0 amide bonds. The number of carbonyl (C=O) groups excluding carboxylic acids is 2. The number of aromatic nitrogens is 1. The minimum atomic E-state index is -0.162. The van der Waals surface area contributed by atoms with Gasteiger partial charge >= 0.3 is 197 Å². The molecule has 152 valence electrons. The van der Waals surface area contributed by atoms with Gasteiger partial charge < -0.3 is 0 Å². The molecule has 7 rings (SSSR count). The number of carbonyl (C=O) groups is 2. The van der Waals surface area contributed by atoms with E-state index in [0.29, 0.717) is 11.1 Å². The molecular formula is C26H14N2O2Se2. The summed E-state index contributed by atoms with van der Waals surface area (Å²) in [6, 6.07) is 20.1. The Kier molecular flexibility index (Phi) is 3.91. The van der Waals surface area contributed by atoms with Gasteiger partial charge in [0.15, 0.2) is 0 Å². The summed E-state index contributed by atoms with van der Waals surface area (Å²) in [6.45, 7) is 0. The molecule has 2 aromatic carbocycles. The van der Waals surface area contributed by atoms with E-state index >= 15 is 0 Å². The van der Waals surface area contributed by atoms with E-state index in [1.165, 1.54) is 30.3 Å². The van der Waals surface area contributed by atoms with Crippen molar-refractivity contribution in [1.29, 1.82) is 0 Å². The van der Waals surface area contributed by atoms with Crippen LogP contribution in [0.15, 0.2) is 72.4 Å². The van der Waals surface area contributed by atoms with Crippen LogP contribution in [0.1, 0.15) is 36.3 Å². The Hall–Kier alpha value is -3.01. The van der Waals surface area contributed by atoms with Crippen LogP contribution in [0.3, 0.4) is 0 Å². The van der Waals surface area contributed by atoms with Gasteiger partial charge in [-0.3, -0.25) is 0 Å². The maximum atomic E-state index is 12.9. The van der Waals surface area contributed by atoms with Gasteiger partial charge in [0.1, 0.15) is 0 Å². The third-order valence-electron chi connectivity index (χ3n) is 6.07. The molecule has 0 N–H and O–H groups in total. The van der Waals surface area contributed by atoms with E-state index in [1.807, 2.05) is 30.5 Å². The van der Waals surface area contributed by atoms with E-state index < -0.39 is 0 Å². The second-order valence-corrected chi connectivity index (χ2v) is 12.4. The number of fused-ring (bicyclic) bond motifs is 5. The van der Waals surface area contributed by atoms with Crippen LogP contribution in [-0.4, -0.2) is 46.0 Å². The first-order valence-electron chi connectivity index (χ1n) is 10.3. The maximum absolute atomic E-state index is 12.9. The molecule has 0 unspecified atom stereocenters. The molecule has 4 heterocycles. The number of para-hydroxylation sites is 1. The first-order valence-corrected chi connectivity index (χ1v) is 13.7. The molecule has 0 spiro atoms. The monoisotopic (exact) mass is 546 g/mol. The number of hydrogen-bond acceptors (Lipinski definition) is 4. The second kappa shape index (κ2) is 6.74. The van der Waals surface area contributed by atoms with Gasteiger partial charge in [0.25, 0.3) is 0 Å². The first-order chi connectivity index (χ1) is 15.7. The normalized spacial score (nSPS) is 15.2. The average molecular weight is 544 g/mol. The standard InChI is InChI=1S/C26H14N2O2Se2/c29-23-17-6-1-2-7-18(17)24(30)19(23)13-16-12-15-11-14-5-3-8-20-22(14)28(26(15)31-16)25-21(32-20)9-4-10-27-25/h1-10,12-13H,11H2. The number of ketones is 2. The van der Waals surface area contributed by atoms with E-state index in [1.54, 1.807) is 12.1 Å². The predicted octanol–water partition coefficient (Wildman–Crippen LogP) is 2.94. The van der Waals surface area contributed by atoms with E-state index in [-0.39, 0.29) is 46.6 Å². The third-order valence-corrected chi connectivity index (χ3v) is 10.7. The Bertz CT molecular complexity index is 1500. The van der Waals surface area contributed by atoms with Crippen molar-refractivity contribution in [2.24, 2.45) is 0 Å². The number of Topliss-reactive ketones (excluding diaryl/α,β-unsaturated/α-hetero) is 2. The zero-order valence-electron chi connectivity index (χ0n) is 16.7. The van der Waals surface area contributed by atoms with Crippen LogP contribution < -0.4 is 13.8 Å². The van der Waals surface area contributed by atoms with E-state index in [9.17, 15) is 9.59 Å². The first kappa shape index (κ1) is 18.6. The van der Waals surface area contributed by atoms with Crippen LogP contribution in [-0.2, 0) is 6.42 Å². The molecule has 0 bridgehead atoms. The van der Waals surface area contributed by atoms with Crippen molar-refractivity contribution in [3.8, 4) is 0 Å². The van der Waals surface area contributed by atoms with Crippen LogP contribution in [0.5, 0.6) is 0 Å². The Morgan fingerprint density at radius 3 is 2.47 bits per heavy atom. The van der Waals surface area contributed by atoms with E-state index in [4.69, 9.17) is 4.98 Å². The number of hydrogen-bond donors (Lipinski definition) is 0. The van der Waals surface area contributed by atoms with E-state index in [2.05, 4.69) is 35.2 Å². The molecule has 0 saturated carbocycles. The molecular weight excluding hydrogens is 530 g/mol. The van der Waals surface area contributed by atoms with Crippen molar-refractivity contribution < 1.29 is 9.59 Å². The van der Waals surface area contributed by atoms with Crippen LogP contribution in [0, 0.1) is 0 Å². The Balaban J connectivity index is 1.38. The van der Waals surface area contributed by atoms with E-state index in [0.717, 1.165) is 16.7 Å². The van der Waals surface area contributed by atoms with Crippen molar-refractivity contribution in [3.63, 3.8) is 0 Å². The third kappa shape index (κ3) is 2.52. The Morgan fingerprint density at radius 2 is 1.66 bits per heavy atom. The number of benzene rings is 2. The van der Waals surface area contributed by atoms with Gasteiger partial charge in [-0.05, 0) is 0 Å². The molecule has 0 atom stereocenters. The van der Waals surface area contributed by atoms with Crippen LogP contribution >= 0.6 is 0 Å². The SMILES string of the molecule is O=C1C(=Cc2cc3c([se]2)N2c4ncccc4[Se]c4cccc(c42)C3)C(=O)c2ccccc21. The summed E-state index contributed by atoms with van der Waals surface area (Å²) < 4.78 is 5.02. The van der Waals surface area contributed by atoms with Crippen molar-refractivity contribution >= 4 is 72.1 Å². The molecule has 4 nitrogen and oxygen atoms in total. The summed E-state index contributed by atoms with van der Waals surface area (Å²) in [6.07, 6.45) is 4.58. The average Bonchev–Trinajstić information content (AvgIpc) is 3.33. The van der Waals surface area contributed by atoms with Crippen molar-refractivity contribution in [2.75, 3.05) is 4.90 Å². The topological polar surface area (TPSA) is 50.3 Å². The van der Waals surface area contributed by atoms with Gasteiger partial charge in [-0.2, -0.15) is 0 Å². The molecule has 4 aromatic rings. The molecule has 3 aliphatic rings. The van der Waals surface area contributed by atoms with Crippen LogP contribution in [0.25, 0.3) is 6.08 Å².